The highest BCUT2D eigenvalue weighted by atomic mass is 16.2. The average Bonchev–Trinajstić information content (AvgIpc) is 3.82. The Kier molecular flexibility index (Phi) is 11.8. The molecule has 4 aromatic carbocycles. The molecule has 0 bridgehead atoms. The smallest absolute Gasteiger partial charge is 0.232 e. The first-order valence-corrected chi connectivity index (χ1v) is 18.7. The number of amides is 2. The monoisotopic (exact) mass is 670 g/mol. The lowest BCUT2D eigenvalue weighted by Gasteiger charge is -2.37. The second-order valence-corrected chi connectivity index (χ2v) is 14.5. The van der Waals surface area contributed by atoms with E-state index in [1.54, 1.807) is 0 Å². The van der Waals surface area contributed by atoms with Crippen molar-refractivity contribution in [2.45, 2.75) is 62.2 Å². The van der Waals surface area contributed by atoms with E-state index in [0.717, 1.165) is 74.4 Å². The lowest BCUT2D eigenvalue weighted by Crippen LogP contribution is -2.49. The van der Waals surface area contributed by atoms with Gasteiger partial charge in [0.1, 0.15) is 10.8 Å². The number of unbranched alkanes of at least 4 members (excludes halogenated alkanes) is 5. The van der Waals surface area contributed by atoms with Crippen LogP contribution in [0.15, 0.2) is 121 Å². The minimum Gasteiger partial charge on any atom is -0.369 e. The average molecular weight is 671 g/mol. The molecule has 2 saturated heterocycles. The lowest BCUT2D eigenvalue weighted by molar-refractivity contribution is -0.124. The summed E-state index contributed by atoms with van der Waals surface area (Å²) < 4.78 is 0. The zero-order chi connectivity index (χ0) is 34.8. The molecule has 0 aromatic heterocycles. The predicted molar refractivity (Wildman–Crippen MR) is 203 cm³/mol. The first-order valence-electron chi connectivity index (χ1n) is 18.7. The van der Waals surface area contributed by atoms with Crippen molar-refractivity contribution >= 4 is 11.8 Å². The maximum Gasteiger partial charge on any atom is 0.232 e. The fourth-order valence-electron chi connectivity index (χ4n) is 9.21. The summed E-state index contributed by atoms with van der Waals surface area (Å²) in [6.45, 7) is 5.90. The van der Waals surface area contributed by atoms with Crippen LogP contribution in [0.4, 0.5) is 0 Å². The van der Waals surface area contributed by atoms with Crippen molar-refractivity contribution in [3.05, 3.63) is 144 Å². The maximum atomic E-state index is 13.4. The third kappa shape index (κ3) is 7.28. The first-order chi connectivity index (χ1) is 24.5. The molecular formula is C44H54N4O2. The fourth-order valence-corrected chi connectivity index (χ4v) is 9.21. The molecule has 6 heteroatoms. The Morgan fingerprint density at radius 2 is 0.760 bits per heavy atom. The van der Waals surface area contributed by atoms with Crippen LogP contribution in [0.2, 0.25) is 0 Å². The Balaban J connectivity index is 0.949. The highest BCUT2D eigenvalue weighted by Crippen LogP contribution is 2.45. The summed E-state index contributed by atoms with van der Waals surface area (Å²) in [7, 11) is 0. The number of hydrogen-bond donors (Lipinski definition) is 2. The third-order valence-corrected chi connectivity index (χ3v) is 11.7. The first kappa shape index (κ1) is 35.6. The minimum absolute atomic E-state index is 0.142. The number of nitrogens with two attached hydrogens (primary N) is 2. The molecule has 2 aliphatic heterocycles. The Morgan fingerprint density at radius 3 is 1.04 bits per heavy atom. The Hall–Kier alpha value is -4.26. The van der Waals surface area contributed by atoms with Gasteiger partial charge in [-0.15, -0.1) is 0 Å². The van der Waals surface area contributed by atoms with Gasteiger partial charge >= 0.3 is 0 Å². The van der Waals surface area contributed by atoms with Crippen molar-refractivity contribution in [2.75, 3.05) is 39.3 Å². The molecule has 2 heterocycles. The van der Waals surface area contributed by atoms with Gasteiger partial charge in [-0.05, 0) is 86.0 Å². The van der Waals surface area contributed by atoms with Gasteiger partial charge < -0.3 is 21.3 Å². The highest BCUT2D eigenvalue weighted by Gasteiger charge is 2.50. The van der Waals surface area contributed by atoms with Crippen molar-refractivity contribution in [1.82, 2.24) is 9.80 Å². The van der Waals surface area contributed by atoms with E-state index < -0.39 is 10.8 Å². The van der Waals surface area contributed by atoms with Crippen molar-refractivity contribution in [3.63, 3.8) is 0 Å². The van der Waals surface area contributed by atoms with Gasteiger partial charge in [0.25, 0.3) is 0 Å². The minimum atomic E-state index is -0.822. The summed E-state index contributed by atoms with van der Waals surface area (Å²) in [6, 6.07) is 40.6. The van der Waals surface area contributed by atoms with E-state index in [0.29, 0.717) is 0 Å². The van der Waals surface area contributed by atoms with Gasteiger partial charge in [-0.25, -0.2) is 0 Å². The molecule has 2 fully saturated rings. The standard InChI is InChI=1S/C44H54N4O2/c45-41(49)43(35-19-9-5-10-20-35,36-21-11-6-12-22-36)39-27-31-47(33-39)29-17-3-1-2-4-18-30-48-32-28-40(34-48)44(42(46)50,37-23-13-7-14-24-37)38-25-15-8-16-26-38/h5-16,19-26,39-40H,1-4,17-18,27-34H2,(H2,45,49)(H2,46,50). The molecule has 0 saturated carbocycles. The summed E-state index contributed by atoms with van der Waals surface area (Å²) in [5.41, 5.74) is 14.9. The normalized spacial score (nSPS) is 18.7. The van der Waals surface area contributed by atoms with Gasteiger partial charge in [0, 0.05) is 13.1 Å². The number of benzene rings is 4. The van der Waals surface area contributed by atoms with Crippen LogP contribution in [0.1, 0.15) is 73.6 Å². The van der Waals surface area contributed by atoms with Crippen LogP contribution in [-0.4, -0.2) is 60.9 Å². The van der Waals surface area contributed by atoms with E-state index in [9.17, 15) is 9.59 Å². The number of rotatable bonds is 17. The van der Waals surface area contributed by atoms with E-state index >= 15 is 0 Å². The van der Waals surface area contributed by atoms with Crippen LogP contribution >= 0.6 is 0 Å². The molecule has 2 atom stereocenters. The van der Waals surface area contributed by atoms with Gasteiger partial charge in [-0.3, -0.25) is 9.59 Å². The number of carbonyl (C=O) groups is 2. The molecule has 0 radical (unpaired) electrons. The summed E-state index contributed by atoms with van der Waals surface area (Å²) >= 11 is 0. The van der Waals surface area contributed by atoms with Crippen molar-refractivity contribution in [1.29, 1.82) is 0 Å². The summed E-state index contributed by atoms with van der Waals surface area (Å²) in [4.78, 5) is 31.8. The van der Waals surface area contributed by atoms with Gasteiger partial charge in [-0.2, -0.15) is 0 Å². The van der Waals surface area contributed by atoms with E-state index in [4.69, 9.17) is 11.5 Å². The zero-order valence-corrected chi connectivity index (χ0v) is 29.5. The van der Waals surface area contributed by atoms with Crippen molar-refractivity contribution in [2.24, 2.45) is 23.3 Å². The van der Waals surface area contributed by atoms with Gasteiger partial charge in [0.05, 0.1) is 0 Å². The summed E-state index contributed by atoms with van der Waals surface area (Å²) in [5.74, 6) is -0.233. The van der Waals surface area contributed by atoms with Crippen LogP contribution in [0.3, 0.4) is 0 Å². The van der Waals surface area contributed by atoms with E-state index in [1.165, 1.54) is 38.5 Å². The van der Waals surface area contributed by atoms with Crippen molar-refractivity contribution < 1.29 is 9.59 Å². The van der Waals surface area contributed by atoms with Crippen molar-refractivity contribution in [3.8, 4) is 0 Å². The molecule has 2 aliphatic rings. The van der Waals surface area contributed by atoms with Crippen LogP contribution in [0, 0.1) is 11.8 Å². The van der Waals surface area contributed by atoms with E-state index in [2.05, 4.69) is 58.3 Å². The Labute approximate surface area is 298 Å². The lowest BCUT2D eigenvalue weighted by atomic mass is 9.64. The quantitative estimate of drug-likeness (QED) is 0.119. The molecule has 2 unspecified atom stereocenters. The molecule has 0 spiro atoms. The highest BCUT2D eigenvalue weighted by molar-refractivity contribution is 5.92. The third-order valence-electron chi connectivity index (χ3n) is 11.7. The predicted octanol–water partition coefficient (Wildman–Crippen LogP) is 6.91. The zero-order valence-electron chi connectivity index (χ0n) is 29.5. The van der Waals surface area contributed by atoms with E-state index in [1.807, 2.05) is 72.8 Å². The molecule has 50 heavy (non-hydrogen) atoms. The van der Waals surface area contributed by atoms with Gasteiger partial charge in [0.2, 0.25) is 11.8 Å². The Bertz CT molecular complexity index is 1440. The van der Waals surface area contributed by atoms with Crippen LogP contribution in [0.5, 0.6) is 0 Å². The SMILES string of the molecule is NC(=O)C(c1ccccc1)(c1ccccc1)C1CCN(CCCCCCCCN2CCC(C(C(N)=O)(c3ccccc3)c3ccccc3)C2)C1. The van der Waals surface area contributed by atoms with Crippen LogP contribution in [-0.2, 0) is 20.4 Å². The van der Waals surface area contributed by atoms with Gasteiger partial charge in [-0.1, -0.05) is 147 Å². The maximum absolute atomic E-state index is 13.4. The largest absolute Gasteiger partial charge is 0.369 e. The number of hydrogen-bond acceptors (Lipinski definition) is 4. The number of nitrogens with zero attached hydrogens (tertiary/aromatic N) is 2. The summed E-state index contributed by atoms with van der Waals surface area (Å²) in [6.07, 6.45) is 9.20. The van der Waals surface area contributed by atoms with Crippen LogP contribution in [0.25, 0.3) is 0 Å². The Morgan fingerprint density at radius 1 is 0.480 bits per heavy atom. The topological polar surface area (TPSA) is 92.7 Å². The second kappa shape index (κ2) is 16.6. The summed E-state index contributed by atoms with van der Waals surface area (Å²) in [5, 5.41) is 0. The molecule has 6 rings (SSSR count). The molecule has 2 amide bonds. The molecule has 4 aromatic rings. The van der Waals surface area contributed by atoms with E-state index in [-0.39, 0.29) is 23.7 Å². The second-order valence-electron chi connectivity index (χ2n) is 14.5. The van der Waals surface area contributed by atoms with Gasteiger partial charge in [0.15, 0.2) is 0 Å². The molecule has 262 valence electrons. The van der Waals surface area contributed by atoms with Crippen LogP contribution < -0.4 is 11.5 Å². The number of carbonyl (C=O) groups excluding carboxylic acids is 2. The molecular weight excluding hydrogens is 617 g/mol. The number of likely N-dealkylation sites (tertiary alicyclic amines) is 2. The fraction of sp³-hybridized carbons (Fsp3) is 0.409. The molecule has 0 aliphatic carbocycles. The molecule has 4 N–H and O–H groups in total. The number of primary amides is 2. The molecule has 6 nitrogen and oxygen atoms in total.